The van der Waals surface area contributed by atoms with Crippen LogP contribution in [0.2, 0.25) is 0 Å². The van der Waals surface area contributed by atoms with E-state index >= 15 is 0 Å². The van der Waals surface area contributed by atoms with E-state index in [-0.39, 0.29) is 18.3 Å². The maximum absolute atomic E-state index is 11.4. The summed E-state index contributed by atoms with van der Waals surface area (Å²) in [4.78, 5) is 24.8. The Morgan fingerprint density at radius 2 is 2.35 bits per heavy atom. The highest BCUT2D eigenvalue weighted by molar-refractivity contribution is 5.25. The van der Waals surface area contributed by atoms with Gasteiger partial charge in [-0.2, -0.15) is 0 Å². The van der Waals surface area contributed by atoms with Crippen molar-refractivity contribution in [2.24, 2.45) is 0 Å². The number of aryl methyl sites for hydroxylation is 1. The van der Waals surface area contributed by atoms with Crippen LogP contribution in [-0.4, -0.2) is 34.5 Å². The molecule has 0 fully saturated rings. The number of aliphatic hydroxyl groups excluding tert-OH is 1. The molecule has 1 atom stereocenters. The second-order valence-electron chi connectivity index (χ2n) is 3.47. The first kappa shape index (κ1) is 13.2. The summed E-state index contributed by atoms with van der Waals surface area (Å²) in [6.45, 7) is 0.181. The van der Waals surface area contributed by atoms with E-state index in [2.05, 4.69) is 10.9 Å². The quantitative estimate of drug-likeness (QED) is 0.639. The number of hydrogen-bond acceptors (Lipinski definition) is 4. The third-order valence-electron chi connectivity index (χ3n) is 2.40. The normalized spacial score (nSPS) is 12.1. The fourth-order valence-electron chi connectivity index (χ4n) is 1.35. The number of nitrogens with one attached hydrogen (secondary N) is 1. The molecule has 6 heteroatoms. The molecule has 0 aromatic carbocycles. The van der Waals surface area contributed by atoms with E-state index in [1.54, 1.807) is 0 Å². The third-order valence-corrected chi connectivity index (χ3v) is 2.40. The molecule has 0 aliphatic rings. The Morgan fingerprint density at radius 1 is 1.65 bits per heavy atom. The van der Waals surface area contributed by atoms with Gasteiger partial charge in [-0.15, -0.1) is 6.42 Å². The molecule has 0 spiro atoms. The SMILES string of the molecule is C#Cc1cn(CCC(CO)OC)c(=O)[nH]c1=O. The second kappa shape index (κ2) is 6.03. The molecule has 0 amide bonds. The molecule has 1 aromatic heterocycles. The van der Waals surface area contributed by atoms with E-state index in [9.17, 15) is 9.59 Å². The zero-order valence-electron chi connectivity index (χ0n) is 9.47. The van der Waals surface area contributed by atoms with Crippen molar-refractivity contribution < 1.29 is 9.84 Å². The summed E-state index contributed by atoms with van der Waals surface area (Å²) in [5.74, 6) is 2.19. The average Bonchev–Trinajstić information content (AvgIpc) is 2.32. The lowest BCUT2D eigenvalue weighted by atomic mass is 10.2. The van der Waals surface area contributed by atoms with Crippen LogP contribution < -0.4 is 11.2 Å². The summed E-state index contributed by atoms with van der Waals surface area (Å²) in [5.41, 5.74) is -0.997. The predicted molar refractivity (Wildman–Crippen MR) is 61.8 cm³/mol. The number of H-pyrrole nitrogens is 1. The summed E-state index contributed by atoms with van der Waals surface area (Å²) in [6, 6.07) is 0. The van der Waals surface area contributed by atoms with Crippen LogP contribution in [0.1, 0.15) is 12.0 Å². The zero-order valence-corrected chi connectivity index (χ0v) is 9.47. The Labute approximate surface area is 97.9 Å². The standard InChI is InChI=1S/C11H14N2O4/c1-3-8-6-13(11(16)12-10(8)15)5-4-9(7-14)17-2/h1,6,9,14H,4-5,7H2,2H3,(H,12,15,16). The number of hydrogen-bond donors (Lipinski definition) is 2. The van der Waals surface area contributed by atoms with Gasteiger partial charge in [0.25, 0.3) is 5.56 Å². The van der Waals surface area contributed by atoms with Gasteiger partial charge < -0.3 is 9.84 Å². The Hall–Kier alpha value is -1.84. The highest BCUT2D eigenvalue weighted by Crippen LogP contribution is 1.98. The van der Waals surface area contributed by atoms with E-state index in [0.29, 0.717) is 13.0 Å². The van der Waals surface area contributed by atoms with Gasteiger partial charge in [0.1, 0.15) is 5.56 Å². The average molecular weight is 238 g/mol. The summed E-state index contributed by atoms with van der Waals surface area (Å²) in [5, 5.41) is 8.92. The van der Waals surface area contributed by atoms with Crippen molar-refractivity contribution in [2.75, 3.05) is 13.7 Å². The van der Waals surface area contributed by atoms with Gasteiger partial charge >= 0.3 is 5.69 Å². The molecule has 17 heavy (non-hydrogen) atoms. The fraction of sp³-hybridized carbons (Fsp3) is 0.455. The lowest BCUT2D eigenvalue weighted by molar-refractivity contribution is 0.0401. The predicted octanol–water partition coefficient (Wildman–Crippen LogP) is -1.08. The molecule has 2 N–H and O–H groups in total. The van der Waals surface area contributed by atoms with Crippen molar-refractivity contribution in [3.8, 4) is 12.3 Å². The number of nitrogens with zero attached hydrogens (tertiary/aromatic N) is 1. The monoisotopic (exact) mass is 238 g/mol. The summed E-state index contributed by atoms with van der Waals surface area (Å²) < 4.78 is 6.25. The molecular weight excluding hydrogens is 224 g/mol. The van der Waals surface area contributed by atoms with Crippen LogP contribution in [0.3, 0.4) is 0 Å². The van der Waals surface area contributed by atoms with Crippen LogP contribution >= 0.6 is 0 Å². The number of aromatic nitrogens is 2. The minimum atomic E-state index is -0.570. The van der Waals surface area contributed by atoms with Crippen molar-refractivity contribution >= 4 is 0 Å². The molecule has 1 heterocycles. The molecule has 6 nitrogen and oxygen atoms in total. The molecule has 0 saturated carbocycles. The van der Waals surface area contributed by atoms with Crippen LogP contribution in [0, 0.1) is 12.3 Å². The van der Waals surface area contributed by atoms with E-state index in [1.165, 1.54) is 17.9 Å². The van der Waals surface area contributed by atoms with Crippen LogP contribution in [-0.2, 0) is 11.3 Å². The number of aromatic amines is 1. The number of terminal acetylenes is 1. The summed E-state index contributed by atoms with van der Waals surface area (Å²) in [7, 11) is 1.48. The molecule has 1 rings (SSSR count). The molecule has 1 unspecified atom stereocenters. The van der Waals surface area contributed by atoms with Crippen molar-refractivity contribution in [3.05, 3.63) is 32.6 Å². The smallest absolute Gasteiger partial charge is 0.328 e. The molecule has 0 aliphatic carbocycles. The maximum atomic E-state index is 11.4. The van der Waals surface area contributed by atoms with Crippen molar-refractivity contribution in [1.82, 2.24) is 9.55 Å². The second-order valence-corrected chi connectivity index (χ2v) is 3.47. The van der Waals surface area contributed by atoms with E-state index in [0.717, 1.165) is 0 Å². The number of aliphatic hydroxyl groups is 1. The van der Waals surface area contributed by atoms with Crippen molar-refractivity contribution in [3.63, 3.8) is 0 Å². The topological polar surface area (TPSA) is 84.3 Å². The highest BCUT2D eigenvalue weighted by atomic mass is 16.5. The van der Waals surface area contributed by atoms with Crippen molar-refractivity contribution in [1.29, 1.82) is 0 Å². The first-order valence-electron chi connectivity index (χ1n) is 5.06. The van der Waals surface area contributed by atoms with Gasteiger partial charge in [0.15, 0.2) is 0 Å². The number of ether oxygens (including phenoxy) is 1. The first-order chi connectivity index (χ1) is 8.12. The van der Waals surface area contributed by atoms with Crippen LogP contribution in [0.25, 0.3) is 0 Å². The molecule has 0 aliphatic heterocycles. The highest BCUT2D eigenvalue weighted by Gasteiger charge is 2.07. The van der Waals surface area contributed by atoms with Gasteiger partial charge in [-0.3, -0.25) is 14.3 Å². The van der Waals surface area contributed by atoms with Gasteiger partial charge in [-0.25, -0.2) is 4.79 Å². The summed E-state index contributed by atoms with van der Waals surface area (Å²) in [6.07, 6.45) is 6.56. The Kier molecular flexibility index (Phi) is 4.69. The molecule has 0 radical (unpaired) electrons. The van der Waals surface area contributed by atoms with Gasteiger partial charge in [0.05, 0.1) is 12.7 Å². The van der Waals surface area contributed by atoms with E-state index < -0.39 is 11.2 Å². The zero-order chi connectivity index (χ0) is 12.8. The molecule has 92 valence electrons. The molecule has 1 aromatic rings. The third kappa shape index (κ3) is 3.31. The largest absolute Gasteiger partial charge is 0.394 e. The summed E-state index contributed by atoms with van der Waals surface area (Å²) >= 11 is 0. The van der Waals surface area contributed by atoms with Crippen LogP contribution in [0.5, 0.6) is 0 Å². The van der Waals surface area contributed by atoms with Crippen molar-refractivity contribution in [2.45, 2.75) is 19.1 Å². The Morgan fingerprint density at radius 3 is 2.88 bits per heavy atom. The maximum Gasteiger partial charge on any atom is 0.328 e. The van der Waals surface area contributed by atoms with Gasteiger partial charge in [0, 0.05) is 19.9 Å². The van der Waals surface area contributed by atoms with Crippen LogP contribution in [0.15, 0.2) is 15.8 Å². The van der Waals surface area contributed by atoms with Gasteiger partial charge in [-0.1, -0.05) is 5.92 Å². The fourth-order valence-corrected chi connectivity index (χ4v) is 1.35. The Balaban J connectivity index is 2.89. The van der Waals surface area contributed by atoms with Gasteiger partial charge in [-0.05, 0) is 6.42 Å². The minimum Gasteiger partial charge on any atom is -0.394 e. The molecular formula is C11H14N2O4. The molecule has 0 bridgehead atoms. The minimum absolute atomic E-state index is 0.0996. The lowest BCUT2D eigenvalue weighted by Crippen LogP contribution is -2.32. The number of rotatable bonds is 5. The molecule has 0 saturated heterocycles. The van der Waals surface area contributed by atoms with Crippen LogP contribution in [0.4, 0.5) is 0 Å². The van der Waals surface area contributed by atoms with E-state index in [4.69, 9.17) is 16.3 Å². The Bertz CT molecular complexity index is 519. The first-order valence-corrected chi connectivity index (χ1v) is 5.06. The lowest BCUT2D eigenvalue weighted by Gasteiger charge is -2.12. The van der Waals surface area contributed by atoms with E-state index in [1.807, 2.05) is 0 Å². The van der Waals surface area contributed by atoms with Gasteiger partial charge in [0.2, 0.25) is 0 Å². The number of methoxy groups -OCH3 is 1.